The second-order valence-corrected chi connectivity index (χ2v) is 5.98. The minimum Gasteiger partial charge on any atom is -0.335 e. The van der Waals surface area contributed by atoms with E-state index >= 15 is 0 Å². The number of Topliss-reactive ketones (excluding diaryl/α,β-unsaturated/α-hetero) is 1. The van der Waals surface area contributed by atoms with Crippen LogP contribution in [0.25, 0.3) is 0 Å². The number of imidazole rings is 1. The second-order valence-electron chi connectivity index (χ2n) is 5.98. The molecular formula is C15H22N2O. The van der Waals surface area contributed by atoms with Crippen LogP contribution in [-0.4, -0.2) is 15.3 Å². The van der Waals surface area contributed by atoms with Gasteiger partial charge in [0.15, 0.2) is 0 Å². The van der Waals surface area contributed by atoms with E-state index < -0.39 is 0 Å². The first-order valence-corrected chi connectivity index (χ1v) is 7.28. The lowest BCUT2D eigenvalue weighted by atomic mass is 9.85. The number of aryl methyl sites for hydroxylation is 1. The van der Waals surface area contributed by atoms with Crippen LogP contribution < -0.4 is 0 Å². The number of ketones is 1. The van der Waals surface area contributed by atoms with E-state index in [1.807, 2.05) is 6.20 Å². The molecule has 98 valence electrons. The van der Waals surface area contributed by atoms with Crippen molar-refractivity contribution in [2.24, 2.45) is 17.8 Å². The molecule has 1 aromatic rings. The Hall–Kier alpha value is -1.12. The number of hydrogen-bond acceptors (Lipinski definition) is 2. The highest BCUT2D eigenvalue weighted by atomic mass is 16.1. The van der Waals surface area contributed by atoms with Gasteiger partial charge < -0.3 is 4.57 Å². The summed E-state index contributed by atoms with van der Waals surface area (Å²) >= 11 is 0. The lowest BCUT2D eigenvalue weighted by molar-refractivity contribution is -0.119. The topological polar surface area (TPSA) is 34.9 Å². The van der Waals surface area contributed by atoms with Crippen LogP contribution in [-0.2, 0) is 17.8 Å². The summed E-state index contributed by atoms with van der Waals surface area (Å²) in [5.74, 6) is 3.79. The molecule has 2 fully saturated rings. The van der Waals surface area contributed by atoms with Gasteiger partial charge in [-0.15, -0.1) is 0 Å². The van der Waals surface area contributed by atoms with Gasteiger partial charge in [0.05, 0.1) is 6.42 Å². The SMILES string of the molecule is CCn1ccnc1CC(=O)CC1CC2CCC1C2. The largest absolute Gasteiger partial charge is 0.335 e. The Balaban J connectivity index is 1.56. The summed E-state index contributed by atoms with van der Waals surface area (Å²) < 4.78 is 2.07. The molecule has 18 heavy (non-hydrogen) atoms. The Morgan fingerprint density at radius 1 is 1.44 bits per heavy atom. The van der Waals surface area contributed by atoms with Crippen LogP contribution in [0.1, 0.15) is 44.9 Å². The molecule has 0 amide bonds. The van der Waals surface area contributed by atoms with Crippen molar-refractivity contribution in [1.82, 2.24) is 9.55 Å². The smallest absolute Gasteiger partial charge is 0.140 e. The van der Waals surface area contributed by atoms with Crippen LogP contribution in [0.5, 0.6) is 0 Å². The molecule has 2 aliphatic carbocycles. The van der Waals surface area contributed by atoms with Crippen molar-refractivity contribution < 1.29 is 4.79 Å². The van der Waals surface area contributed by atoms with Gasteiger partial charge in [0.1, 0.15) is 11.6 Å². The van der Waals surface area contributed by atoms with E-state index in [-0.39, 0.29) is 0 Å². The molecule has 0 radical (unpaired) electrons. The van der Waals surface area contributed by atoms with E-state index in [4.69, 9.17) is 0 Å². The third-order valence-corrected chi connectivity index (χ3v) is 4.87. The lowest BCUT2D eigenvalue weighted by Crippen LogP contribution is -2.17. The summed E-state index contributed by atoms with van der Waals surface area (Å²) in [6.45, 7) is 2.99. The zero-order chi connectivity index (χ0) is 12.5. The first kappa shape index (κ1) is 11.9. The summed E-state index contributed by atoms with van der Waals surface area (Å²) in [6.07, 6.45) is 10.5. The molecule has 3 heteroatoms. The molecule has 0 spiro atoms. The highest BCUT2D eigenvalue weighted by Crippen LogP contribution is 2.49. The fraction of sp³-hybridized carbons (Fsp3) is 0.733. The Morgan fingerprint density at radius 2 is 2.33 bits per heavy atom. The maximum Gasteiger partial charge on any atom is 0.140 e. The fourth-order valence-electron chi connectivity index (χ4n) is 3.96. The Kier molecular flexibility index (Phi) is 3.23. The van der Waals surface area contributed by atoms with Crippen molar-refractivity contribution in [3.8, 4) is 0 Å². The Bertz CT molecular complexity index is 437. The number of rotatable bonds is 5. The molecule has 3 atom stereocenters. The average Bonchev–Trinajstić information content (AvgIpc) is 3.04. The lowest BCUT2D eigenvalue weighted by Gasteiger charge is -2.20. The fourth-order valence-corrected chi connectivity index (χ4v) is 3.96. The van der Waals surface area contributed by atoms with Gasteiger partial charge in [-0.05, 0) is 43.9 Å². The predicted molar refractivity (Wildman–Crippen MR) is 70.2 cm³/mol. The molecule has 2 saturated carbocycles. The first-order chi connectivity index (χ1) is 8.76. The van der Waals surface area contributed by atoms with Crippen LogP contribution in [0, 0.1) is 17.8 Å². The van der Waals surface area contributed by atoms with Crippen LogP contribution in [0.4, 0.5) is 0 Å². The van der Waals surface area contributed by atoms with Gasteiger partial charge in [0, 0.05) is 25.4 Å². The third-order valence-electron chi connectivity index (χ3n) is 4.87. The molecule has 2 bridgehead atoms. The summed E-state index contributed by atoms with van der Waals surface area (Å²) in [6, 6.07) is 0. The molecule has 3 rings (SSSR count). The summed E-state index contributed by atoms with van der Waals surface area (Å²) in [5, 5.41) is 0. The number of hydrogen-bond donors (Lipinski definition) is 0. The Labute approximate surface area is 109 Å². The quantitative estimate of drug-likeness (QED) is 0.800. The van der Waals surface area contributed by atoms with Crippen LogP contribution in [0.15, 0.2) is 12.4 Å². The molecule has 0 saturated heterocycles. The number of carbonyl (C=O) groups is 1. The molecule has 1 aromatic heterocycles. The van der Waals surface area contributed by atoms with E-state index in [9.17, 15) is 4.79 Å². The monoisotopic (exact) mass is 246 g/mol. The second kappa shape index (κ2) is 4.87. The highest BCUT2D eigenvalue weighted by molar-refractivity contribution is 5.80. The molecule has 2 aliphatic rings. The number of carbonyl (C=O) groups excluding carboxylic acids is 1. The van der Waals surface area contributed by atoms with Crippen molar-refractivity contribution in [3.63, 3.8) is 0 Å². The van der Waals surface area contributed by atoms with Crippen LogP contribution in [0.3, 0.4) is 0 Å². The molecular weight excluding hydrogens is 224 g/mol. The van der Waals surface area contributed by atoms with E-state index in [1.54, 1.807) is 6.20 Å². The minimum absolute atomic E-state index is 0.383. The van der Waals surface area contributed by atoms with E-state index in [2.05, 4.69) is 16.5 Å². The van der Waals surface area contributed by atoms with Crippen molar-refractivity contribution >= 4 is 5.78 Å². The average molecular weight is 246 g/mol. The highest BCUT2D eigenvalue weighted by Gasteiger charge is 2.39. The minimum atomic E-state index is 0.383. The normalized spacial score (nSPS) is 29.9. The van der Waals surface area contributed by atoms with Gasteiger partial charge in [-0.3, -0.25) is 4.79 Å². The zero-order valence-electron chi connectivity index (χ0n) is 11.1. The molecule has 3 unspecified atom stereocenters. The van der Waals surface area contributed by atoms with Crippen molar-refractivity contribution in [1.29, 1.82) is 0 Å². The molecule has 0 aromatic carbocycles. The van der Waals surface area contributed by atoms with Gasteiger partial charge in [0.2, 0.25) is 0 Å². The number of fused-ring (bicyclic) bond motifs is 2. The molecule has 1 heterocycles. The third kappa shape index (κ3) is 2.23. The first-order valence-electron chi connectivity index (χ1n) is 7.28. The van der Waals surface area contributed by atoms with Crippen molar-refractivity contribution in [2.45, 2.75) is 52.0 Å². The van der Waals surface area contributed by atoms with E-state index in [0.717, 1.165) is 30.6 Å². The van der Waals surface area contributed by atoms with Crippen LogP contribution in [0.2, 0.25) is 0 Å². The van der Waals surface area contributed by atoms with Gasteiger partial charge in [-0.2, -0.15) is 0 Å². The van der Waals surface area contributed by atoms with Gasteiger partial charge >= 0.3 is 0 Å². The standard InChI is InChI=1S/C15H22N2O/c1-2-17-6-5-16-15(17)10-14(18)9-13-8-11-3-4-12(13)7-11/h5-6,11-13H,2-4,7-10H2,1H3. The van der Waals surface area contributed by atoms with E-state index in [0.29, 0.717) is 18.1 Å². The van der Waals surface area contributed by atoms with Gasteiger partial charge in [-0.25, -0.2) is 4.98 Å². The van der Waals surface area contributed by atoms with Crippen molar-refractivity contribution in [2.75, 3.05) is 0 Å². The predicted octanol–water partition coefficient (Wildman–Crippen LogP) is 2.84. The molecule has 0 aliphatic heterocycles. The summed E-state index contributed by atoms with van der Waals surface area (Å²) in [7, 11) is 0. The summed E-state index contributed by atoms with van der Waals surface area (Å²) in [5.41, 5.74) is 0. The number of aromatic nitrogens is 2. The van der Waals surface area contributed by atoms with Crippen LogP contribution >= 0.6 is 0 Å². The Morgan fingerprint density at radius 3 is 3.00 bits per heavy atom. The molecule has 3 nitrogen and oxygen atoms in total. The van der Waals surface area contributed by atoms with Gasteiger partial charge in [-0.1, -0.05) is 6.42 Å². The maximum absolute atomic E-state index is 12.2. The number of nitrogens with zero attached hydrogens (tertiary/aromatic N) is 2. The molecule has 0 N–H and O–H groups in total. The summed E-state index contributed by atoms with van der Waals surface area (Å²) in [4.78, 5) is 16.4. The maximum atomic E-state index is 12.2. The van der Waals surface area contributed by atoms with E-state index in [1.165, 1.54) is 25.7 Å². The van der Waals surface area contributed by atoms with Gasteiger partial charge in [0.25, 0.3) is 0 Å². The van der Waals surface area contributed by atoms with Crippen molar-refractivity contribution in [3.05, 3.63) is 18.2 Å². The zero-order valence-corrected chi connectivity index (χ0v) is 11.1.